The first-order valence-electron chi connectivity index (χ1n) is 11.8. The minimum absolute atomic E-state index is 0.111. The highest BCUT2D eigenvalue weighted by Crippen LogP contribution is 2.37. The summed E-state index contributed by atoms with van der Waals surface area (Å²) in [6.07, 6.45) is 10.8. The second kappa shape index (κ2) is 8.69. The zero-order valence-corrected chi connectivity index (χ0v) is 19.7. The van der Waals surface area contributed by atoms with Gasteiger partial charge >= 0.3 is 0 Å². The molecule has 35 heavy (non-hydrogen) atoms. The highest BCUT2D eigenvalue weighted by atomic mass is 16.5. The molecule has 5 nitrogen and oxygen atoms in total. The van der Waals surface area contributed by atoms with Crippen LogP contribution in [0.2, 0.25) is 0 Å². The van der Waals surface area contributed by atoms with Crippen molar-refractivity contribution < 1.29 is 4.74 Å². The lowest BCUT2D eigenvalue weighted by Gasteiger charge is -2.31. The van der Waals surface area contributed by atoms with Gasteiger partial charge in [-0.1, -0.05) is 42.5 Å². The molecule has 1 unspecified atom stereocenters. The van der Waals surface area contributed by atoms with Crippen LogP contribution in [0.3, 0.4) is 0 Å². The first kappa shape index (κ1) is 21.1. The summed E-state index contributed by atoms with van der Waals surface area (Å²) >= 11 is 0. The highest BCUT2D eigenvalue weighted by molar-refractivity contribution is 5.75. The second-order valence-electron chi connectivity index (χ2n) is 8.77. The van der Waals surface area contributed by atoms with E-state index in [0.29, 0.717) is 0 Å². The Kier molecular flexibility index (Phi) is 5.23. The van der Waals surface area contributed by atoms with Crippen molar-refractivity contribution >= 4 is 11.4 Å². The van der Waals surface area contributed by atoms with Crippen LogP contribution in [0.1, 0.15) is 17.0 Å². The predicted octanol–water partition coefficient (Wildman–Crippen LogP) is 6.81. The molecule has 0 saturated carbocycles. The molecule has 1 atom stereocenters. The quantitative estimate of drug-likeness (QED) is 0.329. The zero-order valence-electron chi connectivity index (χ0n) is 19.7. The fraction of sp³-hybridized carbons (Fsp3) is 0.100. The van der Waals surface area contributed by atoms with Crippen molar-refractivity contribution in [1.29, 1.82) is 0 Å². The number of allylic oxidation sites excluding steroid dienone is 2. The van der Waals surface area contributed by atoms with E-state index >= 15 is 0 Å². The number of hydrogen-bond acceptors (Lipinski definition) is 4. The van der Waals surface area contributed by atoms with E-state index < -0.39 is 0 Å². The molecule has 5 heteroatoms. The first-order chi connectivity index (χ1) is 17.2. The molecular weight excluding hydrogens is 432 g/mol. The number of anilines is 1. The fourth-order valence-corrected chi connectivity index (χ4v) is 4.69. The van der Waals surface area contributed by atoms with Gasteiger partial charge in [0.25, 0.3) is 0 Å². The van der Waals surface area contributed by atoms with Crippen molar-refractivity contribution in [2.24, 2.45) is 0 Å². The summed E-state index contributed by atoms with van der Waals surface area (Å²) in [5.41, 5.74) is 6.45. The topological polar surface area (TPSA) is 33.5 Å². The van der Waals surface area contributed by atoms with Crippen molar-refractivity contribution in [2.75, 3.05) is 4.90 Å². The molecule has 0 aliphatic carbocycles. The normalized spacial score (nSPS) is 16.4. The second-order valence-corrected chi connectivity index (χ2v) is 8.77. The largest absolute Gasteiger partial charge is 0.457 e. The summed E-state index contributed by atoms with van der Waals surface area (Å²) < 4.78 is 8.24. The van der Waals surface area contributed by atoms with Gasteiger partial charge in [-0.25, -0.2) is 4.68 Å². The van der Waals surface area contributed by atoms with Crippen LogP contribution in [-0.2, 0) is 0 Å². The average molecular weight is 459 g/mol. The molecule has 1 aromatic heterocycles. The Bertz CT molecular complexity index is 1460. The van der Waals surface area contributed by atoms with Gasteiger partial charge < -0.3 is 14.5 Å². The molecule has 172 valence electrons. The summed E-state index contributed by atoms with van der Waals surface area (Å²) in [6, 6.07) is 28.8. The molecule has 3 aromatic carbocycles. The van der Waals surface area contributed by atoms with Gasteiger partial charge in [0.05, 0.1) is 17.1 Å². The van der Waals surface area contributed by atoms with Crippen LogP contribution in [-0.4, -0.2) is 20.8 Å². The molecule has 2 aliphatic heterocycles. The smallest absolute Gasteiger partial charge is 0.129 e. The Morgan fingerprint density at radius 1 is 0.743 bits per heavy atom. The first-order valence-corrected chi connectivity index (χ1v) is 11.8. The maximum Gasteiger partial charge on any atom is 0.129 e. The summed E-state index contributed by atoms with van der Waals surface area (Å²) in [5, 5.41) is 4.60. The number of benzene rings is 3. The highest BCUT2D eigenvalue weighted by Gasteiger charge is 2.31. The molecule has 0 N–H and O–H groups in total. The summed E-state index contributed by atoms with van der Waals surface area (Å²) in [5.74, 6) is 1.57. The van der Waals surface area contributed by atoms with E-state index in [1.165, 1.54) is 0 Å². The van der Waals surface area contributed by atoms with E-state index in [1.54, 1.807) is 0 Å². The minimum atomic E-state index is 0.111. The standard InChI is InChI=1S/C30H26N4O/c1-22-18-23(2)34(31-22)26-13-9-15-28(20-26)35-27-14-8-10-24(19-27)29-21-33(25-11-4-3-5-12-25)30-16-6-7-17-32(29)30/h3-21,30H,1-2H3. The van der Waals surface area contributed by atoms with Crippen LogP contribution in [0.5, 0.6) is 11.5 Å². The van der Waals surface area contributed by atoms with Crippen LogP contribution in [0.25, 0.3) is 11.4 Å². The summed E-state index contributed by atoms with van der Waals surface area (Å²) in [7, 11) is 0. The number of para-hydroxylation sites is 1. The molecule has 2 aliphatic rings. The van der Waals surface area contributed by atoms with Gasteiger partial charge in [0, 0.05) is 35.4 Å². The number of nitrogens with zero attached hydrogens (tertiary/aromatic N) is 4. The van der Waals surface area contributed by atoms with Crippen molar-refractivity contribution in [3.63, 3.8) is 0 Å². The van der Waals surface area contributed by atoms with Crippen LogP contribution in [0.15, 0.2) is 116 Å². The number of aryl methyl sites for hydroxylation is 2. The van der Waals surface area contributed by atoms with Gasteiger partial charge in [-0.3, -0.25) is 0 Å². The number of rotatable bonds is 5. The maximum absolute atomic E-state index is 6.30. The van der Waals surface area contributed by atoms with Crippen molar-refractivity contribution in [3.8, 4) is 17.2 Å². The molecule has 6 rings (SSSR count). The third kappa shape index (κ3) is 4.02. The number of hydrogen-bond donors (Lipinski definition) is 0. The van der Waals surface area contributed by atoms with Crippen LogP contribution < -0.4 is 9.64 Å². The van der Waals surface area contributed by atoms with E-state index in [2.05, 4.69) is 94.9 Å². The van der Waals surface area contributed by atoms with Gasteiger partial charge in [-0.05, 0) is 68.5 Å². The monoisotopic (exact) mass is 458 g/mol. The number of fused-ring (bicyclic) bond motifs is 1. The Hall–Kier alpha value is -4.51. The molecule has 0 saturated heterocycles. The van der Waals surface area contributed by atoms with E-state index in [1.807, 2.05) is 54.1 Å². The van der Waals surface area contributed by atoms with Crippen molar-refractivity contribution in [2.45, 2.75) is 20.0 Å². The lowest BCUT2D eigenvalue weighted by molar-refractivity contribution is 0.469. The summed E-state index contributed by atoms with van der Waals surface area (Å²) in [4.78, 5) is 4.58. The molecule has 0 amide bonds. The van der Waals surface area contributed by atoms with Gasteiger partial charge in [0.2, 0.25) is 0 Å². The lowest BCUT2D eigenvalue weighted by atomic mass is 10.1. The average Bonchev–Trinajstić information content (AvgIpc) is 3.44. The Morgan fingerprint density at radius 2 is 1.51 bits per heavy atom. The fourth-order valence-electron chi connectivity index (χ4n) is 4.69. The van der Waals surface area contributed by atoms with Crippen LogP contribution in [0.4, 0.5) is 5.69 Å². The molecule has 0 fully saturated rings. The van der Waals surface area contributed by atoms with Gasteiger partial charge in [-0.2, -0.15) is 5.10 Å². The van der Waals surface area contributed by atoms with E-state index in [0.717, 1.165) is 45.5 Å². The van der Waals surface area contributed by atoms with Crippen LogP contribution >= 0.6 is 0 Å². The molecular formula is C30H26N4O. The summed E-state index contributed by atoms with van der Waals surface area (Å²) in [6.45, 7) is 4.06. The minimum Gasteiger partial charge on any atom is -0.457 e. The van der Waals surface area contributed by atoms with E-state index in [-0.39, 0.29) is 6.17 Å². The van der Waals surface area contributed by atoms with Crippen molar-refractivity contribution in [1.82, 2.24) is 14.7 Å². The lowest BCUT2D eigenvalue weighted by Crippen LogP contribution is -2.35. The van der Waals surface area contributed by atoms with Gasteiger partial charge in [0.1, 0.15) is 17.7 Å². The zero-order chi connectivity index (χ0) is 23.8. The third-order valence-corrected chi connectivity index (χ3v) is 6.24. The Morgan fingerprint density at radius 3 is 2.31 bits per heavy atom. The van der Waals surface area contributed by atoms with E-state index in [4.69, 9.17) is 4.74 Å². The Balaban J connectivity index is 1.30. The molecule has 4 aromatic rings. The SMILES string of the molecule is Cc1cc(C)n(-c2cccc(Oc3cccc(C4=CN(c5ccccc5)C5C=CC=CN45)c3)c2)n1. The van der Waals surface area contributed by atoms with Gasteiger partial charge in [0.15, 0.2) is 0 Å². The number of aromatic nitrogens is 2. The molecule has 0 bridgehead atoms. The van der Waals surface area contributed by atoms with Gasteiger partial charge in [-0.15, -0.1) is 0 Å². The maximum atomic E-state index is 6.30. The Labute approximate surface area is 205 Å². The predicted molar refractivity (Wildman–Crippen MR) is 140 cm³/mol. The molecule has 0 radical (unpaired) electrons. The molecule has 0 spiro atoms. The van der Waals surface area contributed by atoms with Crippen LogP contribution in [0, 0.1) is 13.8 Å². The van der Waals surface area contributed by atoms with E-state index in [9.17, 15) is 0 Å². The third-order valence-electron chi connectivity index (χ3n) is 6.24. The molecule has 3 heterocycles. The van der Waals surface area contributed by atoms with Crippen molar-refractivity contribution in [3.05, 3.63) is 133 Å². The number of ether oxygens (including phenoxy) is 1.